The summed E-state index contributed by atoms with van der Waals surface area (Å²) in [6, 6.07) is 9.06. The third-order valence-electron chi connectivity index (χ3n) is 2.74. The van der Waals surface area contributed by atoms with Crippen LogP contribution in [0.25, 0.3) is 0 Å². The molecule has 0 radical (unpaired) electrons. The first kappa shape index (κ1) is 12.9. The Morgan fingerprint density at radius 3 is 2.67 bits per heavy atom. The highest BCUT2D eigenvalue weighted by Gasteiger charge is 2.17. The van der Waals surface area contributed by atoms with Gasteiger partial charge in [-0.1, -0.05) is 17.7 Å². The molecule has 0 bridgehead atoms. The minimum absolute atomic E-state index is 0.475. The van der Waals surface area contributed by atoms with Crippen molar-refractivity contribution in [3.8, 4) is 5.75 Å². The van der Waals surface area contributed by atoms with Crippen LogP contribution >= 0.6 is 11.6 Å². The molecule has 0 amide bonds. The Balaban J connectivity index is 2.26. The summed E-state index contributed by atoms with van der Waals surface area (Å²) in [7, 11) is 1.56. The van der Waals surface area contributed by atoms with Gasteiger partial charge in [-0.2, -0.15) is 0 Å². The van der Waals surface area contributed by atoms with Gasteiger partial charge in [-0.3, -0.25) is 4.98 Å². The lowest BCUT2D eigenvalue weighted by Crippen LogP contribution is -2.05. The van der Waals surface area contributed by atoms with E-state index in [0.717, 1.165) is 5.56 Å². The summed E-state index contributed by atoms with van der Waals surface area (Å²) in [4.78, 5) is 3.94. The van der Waals surface area contributed by atoms with Gasteiger partial charge >= 0.3 is 0 Å². The fraction of sp³-hybridized carbons (Fsp3) is 0.214. The predicted molar refractivity (Wildman–Crippen MR) is 70.9 cm³/mol. The Hall–Kier alpha value is -1.58. The van der Waals surface area contributed by atoms with E-state index in [1.807, 2.05) is 12.1 Å². The molecule has 0 saturated carbocycles. The second kappa shape index (κ2) is 5.85. The van der Waals surface area contributed by atoms with Gasteiger partial charge < -0.3 is 9.84 Å². The molecule has 1 unspecified atom stereocenters. The van der Waals surface area contributed by atoms with Crippen LogP contribution in [0.3, 0.4) is 0 Å². The number of pyridine rings is 1. The fourth-order valence-corrected chi connectivity index (χ4v) is 2.15. The summed E-state index contributed by atoms with van der Waals surface area (Å²) in [6.45, 7) is 0. The highest BCUT2D eigenvalue weighted by Crippen LogP contribution is 2.33. The van der Waals surface area contributed by atoms with E-state index in [4.69, 9.17) is 16.3 Å². The number of hydrogen-bond donors (Lipinski definition) is 1. The van der Waals surface area contributed by atoms with Gasteiger partial charge in [0.1, 0.15) is 5.75 Å². The summed E-state index contributed by atoms with van der Waals surface area (Å²) in [6.07, 6.45) is 3.18. The molecule has 0 aliphatic rings. The van der Waals surface area contributed by atoms with E-state index in [0.29, 0.717) is 22.8 Å². The van der Waals surface area contributed by atoms with Crippen molar-refractivity contribution in [1.82, 2.24) is 4.98 Å². The van der Waals surface area contributed by atoms with Crippen LogP contribution in [0.1, 0.15) is 17.2 Å². The van der Waals surface area contributed by atoms with Crippen LogP contribution in [0.5, 0.6) is 5.75 Å². The Kier molecular flexibility index (Phi) is 4.18. The molecule has 1 atom stereocenters. The Morgan fingerprint density at radius 2 is 2.00 bits per heavy atom. The van der Waals surface area contributed by atoms with Gasteiger partial charge in [0, 0.05) is 24.4 Å². The number of aromatic nitrogens is 1. The predicted octanol–water partition coefficient (Wildman–Crippen LogP) is 3.02. The van der Waals surface area contributed by atoms with E-state index in [2.05, 4.69) is 4.98 Å². The first-order valence-electron chi connectivity index (χ1n) is 5.61. The number of aliphatic hydroxyl groups is 1. The van der Waals surface area contributed by atoms with Gasteiger partial charge in [-0.15, -0.1) is 0 Å². The van der Waals surface area contributed by atoms with Crippen LogP contribution in [0.2, 0.25) is 5.02 Å². The molecule has 1 aromatic carbocycles. The monoisotopic (exact) mass is 263 g/mol. The second-order valence-corrected chi connectivity index (χ2v) is 4.34. The summed E-state index contributed by atoms with van der Waals surface area (Å²) in [5, 5.41) is 10.8. The van der Waals surface area contributed by atoms with E-state index in [9.17, 15) is 5.11 Å². The Morgan fingerprint density at radius 1 is 1.28 bits per heavy atom. The van der Waals surface area contributed by atoms with Crippen LogP contribution in [-0.2, 0) is 6.42 Å². The average Bonchev–Trinajstić information content (AvgIpc) is 2.39. The molecule has 1 N–H and O–H groups in total. The van der Waals surface area contributed by atoms with Crippen molar-refractivity contribution < 1.29 is 9.84 Å². The highest BCUT2D eigenvalue weighted by molar-refractivity contribution is 6.31. The van der Waals surface area contributed by atoms with Crippen LogP contribution in [0.4, 0.5) is 0 Å². The minimum Gasteiger partial charge on any atom is -0.496 e. The number of rotatable bonds is 4. The topological polar surface area (TPSA) is 42.4 Å². The molecule has 4 heteroatoms. The van der Waals surface area contributed by atoms with Crippen molar-refractivity contribution in [3.63, 3.8) is 0 Å². The van der Waals surface area contributed by atoms with Gasteiger partial charge in [0.25, 0.3) is 0 Å². The van der Waals surface area contributed by atoms with Crippen LogP contribution in [0, 0.1) is 0 Å². The lowest BCUT2D eigenvalue weighted by molar-refractivity contribution is 0.174. The van der Waals surface area contributed by atoms with Crippen molar-refractivity contribution >= 4 is 11.6 Å². The quantitative estimate of drug-likeness (QED) is 0.922. The smallest absolute Gasteiger partial charge is 0.126 e. The SMILES string of the molecule is COc1cccc(Cl)c1C(O)Cc1ccncc1. The number of ether oxygens (including phenoxy) is 1. The first-order chi connectivity index (χ1) is 8.72. The third kappa shape index (κ3) is 2.81. The van der Waals surface area contributed by atoms with Gasteiger partial charge in [0.05, 0.1) is 18.2 Å². The number of hydrogen-bond acceptors (Lipinski definition) is 3. The standard InChI is InChI=1S/C14H14ClNO2/c1-18-13-4-2-3-11(15)14(13)12(17)9-10-5-7-16-8-6-10/h2-8,12,17H,9H2,1H3. The molecule has 0 saturated heterocycles. The zero-order valence-electron chi connectivity index (χ0n) is 10.0. The van der Waals surface area contributed by atoms with Gasteiger partial charge in [0.2, 0.25) is 0 Å². The zero-order valence-corrected chi connectivity index (χ0v) is 10.8. The van der Waals surface area contributed by atoms with Crippen molar-refractivity contribution in [1.29, 1.82) is 0 Å². The van der Waals surface area contributed by atoms with E-state index < -0.39 is 6.10 Å². The van der Waals surface area contributed by atoms with Crippen molar-refractivity contribution in [2.24, 2.45) is 0 Å². The summed E-state index contributed by atoms with van der Waals surface area (Å²) in [5.74, 6) is 0.601. The van der Waals surface area contributed by atoms with E-state index in [1.165, 1.54) is 0 Å². The summed E-state index contributed by atoms with van der Waals surface area (Å²) >= 11 is 6.12. The van der Waals surface area contributed by atoms with Crippen molar-refractivity contribution in [2.45, 2.75) is 12.5 Å². The number of methoxy groups -OCH3 is 1. The normalized spacial score (nSPS) is 12.2. The molecule has 0 aliphatic carbocycles. The Labute approximate surface area is 111 Å². The molecule has 94 valence electrons. The molecule has 1 heterocycles. The zero-order chi connectivity index (χ0) is 13.0. The van der Waals surface area contributed by atoms with E-state index in [-0.39, 0.29) is 0 Å². The second-order valence-electron chi connectivity index (χ2n) is 3.93. The molecular weight excluding hydrogens is 250 g/mol. The van der Waals surface area contributed by atoms with Crippen molar-refractivity contribution in [3.05, 3.63) is 58.9 Å². The molecule has 0 spiro atoms. The lowest BCUT2D eigenvalue weighted by Gasteiger charge is -2.16. The maximum absolute atomic E-state index is 10.3. The molecule has 18 heavy (non-hydrogen) atoms. The fourth-order valence-electron chi connectivity index (χ4n) is 1.86. The van der Waals surface area contributed by atoms with Gasteiger partial charge in [-0.25, -0.2) is 0 Å². The molecule has 0 fully saturated rings. The molecule has 0 aliphatic heterocycles. The number of nitrogens with zero attached hydrogens (tertiary/aromatic N) is 1. The third-order valence-corrected chi connectivity index (χ3v) is 3.07. The van der Waals surface area contributed by atoms with Crippen LogP contribution in [0.15, 0.2) is 42.7 Å². The number of aliphatic hydroxyl groups excluding tert-OH is 1. The lowest BCUT2D eigenvalue weighted by atomic mass is 10.0. The molecule has 1 aromatic heterocycles. The van der Waals surface area contributed by atoms with Crippen molar-refractivity contribution in [2.75, 3.05) is 7.11 Å². The van der Waals surface area contributed by atoms with Gasteiger partial charge in [0.15, 0.2) is 0 Å². The number of halogens is 1. The number of benzene rings is 1. The van der Waals surface area contributed by atoms with E-state index >= 15 is 0 Å². The van der Waals surface area contributed by atoms with Gasteiger partial charge in [-0.05, 0) is 29.8 Å². The Bertz CT molecular complexity index is 516. The maximum atomic E-state index is 10.3. The largest absolute Gasteiger partial charge is 0.496 e. The molecular formula is C14H14ClNO2. The minimum atomic E-state index is -0.698. The molecule has 2 rings (SSSR count). The molecule has 3 nitrogen and oxygen atoms in total. The van der Waals surface area contributed by atoms with Crippen LogP contribution in [-0.4, -0.2) is 17.2 Å². The summed E-state index contributed by atoms with van der Waals surface area (Å²) in [5.41, 5.74) is 1.62. The summed E-state index contributed by atoms with van der Waals surface area (Å²) < 4.78 is 5.23. The highest BCUT2D eigenvalue weighted by atomic mass is 35.5. The van der Waals surface area contributed by atoms with Crippen LogP contribution < -0.4 is 4.74 Å². The maximum Gasteiger partial charge on any atom is 0.126 e. The average molecular weight is 264 g/mol. The molecule has 2 aromatic rings. The van der Waals surface area contributed by atoms with E-state index in [1.54, 1.807) is 37.7 Å². The first-order valence-corrected chi connectivity index (χ1v) is 5.99.